The molecule has 0 fully saturated rings. The fourth-order valence-electron chi connectivity index (χ4n) is 3.38. The normalized spacial score (nSPS) is 12.9. The molecule has 4 nitrogen and oxygen atoms in total. The van der Waals surface area contributed by atoms with Crippen LogP contribution in [0.2, 0.25) is 0 Å². The highest BCUT2D eigenvalue weighted by Crippen LogP contribution is 2.45. The maximum atomic E-state index is 12.4. The molecule has 1 aliphatic rings. The minimum absolute atomic E-state index is 0.358. The molecule has 4 rings (SSSR count). The molecule has 0 unspecified atom stereocenters. The summed E-state index contributed by atoms with van der Waals surface area (Å²) in [6, 6.07) is 25.1. The Balaban J connectivity index is 1.42. The lowest BCUT2D eigenvalue weighted by atomic mass is 10.1. The molecule has 0 saturated heterocycles. The summed E-state index contributed by atoms with van der Waals surface area (Å²) in [6.45, 7) is 0.358. The van der Waals surface area contributed by atoms with Crippen molar-refractivity contribution in [3.05, 3.63) is 102 Å². The third-order valence-corrected chi connectivity index (χ3v) is 4.68. The van der Waals surface area contributed by atoms with Gasteiger partial charge in [0, 0.05) is 17.5 Å². The molecular formula is C24H20O4. The van der Waals surface area contributed by atoms with Gasteiger partial charge in [-0.25, -0.2) is 4.79 Å². The van der Waals surface area contributed by atoms with Gasteiger partial charge in [-0.15, -0.1) is 0 Å². The van der Waals surface area contributed by atoms with E-state index in [9.17, 15) is 9.90 Å². The smallest absolute Gasteiger partial charge is 0.373 e. The van der Waals surface area contributed by atoms with Crippen LogP contribution in [0, 0.1) is 0 Å². The molecule has 0 atom stereocenters. The third-order valence-electron chi connectivity index (χ3n) is 4.68. The first-order valence-corrected chi connectivity index (χ1v) is 9.20. The fraction of sp³-hybridized carbons (Fsp3) is 0.125. The summed E-state index contributed by atoms with van der Waals surface area (Å²) in [5, 5.41) is 10.1. The summed E-state index contributed by atoms with van der Waals surface area (Å²) in [5.74, 6) is -0.396. The van der Waals surface area contributed by atoms with Crippen molar-refractivity contribution in [1.82, 2.24) is 0 Å². The Bertz CT molecular complexity index is 962. The molecule has 0 spiro atoms. The number of carbonyl (C=O) groups excluding carboxylic acids is 1. The maximum Gasteiger partial charge on any atom is 0.373 e. The number of para-hydroxylation sites is 1. The van der Waals surface area contributed by atoms with Crippen molar-refractivity contribution in [2.24, 2.45) is 0 Å². The molecule has 28 heavy (non-hydrogen) atoms. The van der Waals surface area contributed by atoms with Gasteiger partial charge in [-0.1, -0.05) is 66.7 Å². The van der Waals surface area contributed by atoms with Gasteiger partial charge in [0.2, 0.25) is 0 Å². The van der Waals surface area contributed by atoms with Crippen LogP contribution >= 0.6 is 0 Å². The molecule has 0 amide bonds. The molecule has 0 heterocycles. The molecule has 0 saturated carbocycles. The summed E-state index contributed by atoms with van der Waals surface area (Å²) < 4.78 is 11.2. The van der Waals surface area contributed by atoms with Crippen molar-refractivity contribution in [1.29, 1.82) is 0 Å². The van der Waals surface area contributed by atoms with E-state index >= 15 is 0 Å². The summed E-state index contributed by atoms with van der Waals surface area (Å²) in [6.07, 6.45) is 1.31. The molecule has 3 aromatic carbocycles. The van der Waals surface area contributed by atoms with Crippen molar-refractivity contribution in [2.75, 3.05) is 6.61 Å². The Morgan fingerprint density at radius 2 is 1.43 bits per heavy atom. The van der Waals surface area contributed by atoms with Gasteiger partial charge >= 0.3 is 5.97 Å². The van der Waals surface area contributed by atoms with E-state index in [-0.39, 0.29) is 0 Å². The highest BCUT2D eigenvalue weighted by molar-refractivity contribution is 5.87. The van der Waals surface area contributed by atoms with Crippen molar-refractivity contribution < 1.29 is 19.4 Å². The monoisotopic (exact) mass is 372 g/mol. The lowest BCUT2D eigenvalue weighted by Gasteiger charge is -2.14. The molecule has 0 aromatic heterocycles. The summed E-state index contributed by atoms with van der Waals surface area (Å²) in [4.78, 5) is 12.4. The Hall–Kier alpha value is -3.53. The Morgan fingerprint density at radius 3 is 2.07 bits per heavy atom. The number of benzene rings is 3. The molecule has 4 heteroatoms. The first kappa shape index (κ1) is 17.9. The highest BCUT2D eigenvalue weighted by Gasteiger charge is 2.31. The molecule has 0 bridgehead atoms. The zero-order valence-electron chi connectivity index (χ0n) is 15.2. The van der Waals surface area contributed by atoms with E-state index in [1.165, 1.54) is 6.08 Å². The van der Waals surface area contributed by atoms with Crippen molar-refractivity contribution in [2.45, 2.75) is 12.5 Å². The fourth-order valence-corrected chi connectivity index (χ4v) is 3.38. The third kappa shape index (κ3) is 3.62. The predicted octanol–water partition coefficient (Wildman–Crippen LogP) is 5.21. The van der Waals surface area contributed by atoms with Crippen LogP contribution in [0.3, 0.4) is 0 Å². The van der Waals surface area contributed by atoms with Gasteiger partial charge in [0.25, 0.3) is 0 Å². The first-order chi connectivity index (χ1) is 13.7. The number of rotatable bonds is 6. The average molecular weight is 372 g/mol. The first-order valence-electron chi connectivity index (χ1n) is 9.20. The zero-order valence-corrected chi connectivity index (χ0v) is 15.2. The molecular weight excluding hydrogens is 352 g/mol. The Morgan fingerprint density at radius 1 is 0.857 bits per heavy atom. The number of esters is 1. The maximum absolute atomic E-state index is 12.4. The number of ether oxygens (including phenoxy) is 2. The molecule has 0 radical (unpaired) electrons. The van der Waals surface area contributed by atoms with Crippen LogP contribution in [0.15, 0.2) is 90.7 Å². The largest absolute Gasteiger partial charge is 0.502 e. The molecule has 3 aromatic rings. The van der Waals surface area contributed by atoms with Crippen LogP contribution < -0.4 is 4.74 Å². The lowest BCUT2D eigenvalue weighted by molar-refractivity contribution is -0.145. The van der Waals surface area contributed by atoms with E-state index in [4.69, 9.17) is 9.47 Å². The van der Waals surface area contributed by atoms with Gasteiger partial charge in [0.05, 0.1) is 6.61 Å². The number of aliphatic hydroxyl groups is 1. The molecule has 1 N–H and O–H groups in total. The summed E-state index contributed by atoms with van der Waals surface area (Å²) >= 11 is 0. The van der Waals surface area contributed by atoms with Gasteiger partial charge in [-0.05, 0) is 29.3 Å². The standard InChI is InChI=1S/C24H20O4/c25-22(15-8-16-27-17-9-2-1-3-10-17)24(26)28-23-20-13-6-4-11-18(20)19-12-5-7-14-21(19)23/h1-7,9-15,23,25H,8,16H2. The van der Waals surface area contributed by atoms with E-state index in [0.29, 0.717) is 13.0 Å². The van der Waals surface area contributed by atoms with Gasteiger partial charge in [-0.3, -0.25) is 0 Å². The van der Waals surface area contributed by atoms with E-state index in [2.05, 4.69) is 0 Å². The van der Waals surface area contributed by atoms with Gasteiger partial charge in [0.1, 0.15) is 5.75 Å². The number of aliphatic hydroxyl groups excluding tert-OH is 1. The van der Waals surface area contributed by atoms with Crippen molar-refractivity contribution in [3.63, 3.8) is 0 Å². The second kappa shape index (κ2) is 8.01. The topological polar surface area (TPSA) is 55.8 Å². The van der Waals surface area contributed by atoms with Gasteiger partial charge < -0.3 is 14.6 Å². The van der Waals surface area contributed by atoms with Crippen LogP contribution in [0.4, 0.5) is 0 Å². The Kier molecular flexibility index (Phi) is 5.11. The van der Waals surface area contributed by atoms with Gasteiger partial charge in [-0.2, -0.15) is 0 Å². The van der Waals surface area contributed by atoms with E-state index < -0.39 is 17.8 Å². The van der Waals surface area contributed by atoms with E-state index in [1.807, 2.05) is 78.9 Å². The summed E-state index contributed by atoms with van der Waals surface area (Å²) in [7, 11) is 0. The minimum atomic E-state index is -0.740. The van der Waals surface area contributed by atoms with Crippen molar-refractivity contribution >= 4 is 5.97 Å². The van der Waals surface area contributed by atoms with Crippen LogP contribution in [-0.4, -0.2) is 17.7 Å². The summed E-state index contributed by atoms with van der Waals surface area (Å²) in [5.41, 5.74) is 3.96. The SMILES string of the molecule is O=C(OC1c2ccccc2-c2ccccc21)C(O)=CCCOc1ccccc1. The van der Waals surface area contributed by atoms with Gasteiger partial charge in [0.15, 0.2) is 11.9 Å². The molecule has 0 aliphatic heterocycles. The average Bonchev–Trinajstić information content (AvgIpc) is 3.06. The lowest BCUT2D eigenvalue weighted by Crippen LogP contribution is -2.13. The molecule has 140 valence electrons. The van der Waals surface area contributed by atoms with Crippen LogP contribution in [0.1, 0.15) is 23.7 Å². The second-order valence-electron chi connectivity index (χ2n) is 6.50. The van der Waals surface area contributed by atoms with E-state index in [1.54, 1.807) is 0 Å². The van der Waals surface area contributed by atoms with E-state index in [0.717, 1.165) is 28.0 Å². The number of carbonyl (C=O) groups is 1. The highest BCUT2D eigenvalue weighted by atomic mass is 16.6. The number of hydrogen-bond acceptors (Lipinski definition) is 4. The van der Waals surface area contributed by atoms with Crippen LogP contribution in [0.5, 0.6) is 5.75 Å². The van der Waals surface area contributed by atoms with Crippen LogP contribution in [-0.2, 0) is 9.53 Å². The quantitative estimate of drug-likeness (QED) is 0.279. The second-order valence-corrected chi connectivity index (χ2v) is 6.50. The van der Waals surface area contributed by atoms with Crippen molar-refractivity contribution in [3.8, 4) is 16.9 Å². The Labute approximate surface area is 163 Å². The number of fused-ring (bicyclic) bond motifs is 3. The van der Waals surface area contributed by atoms with Crippen LogP contribution in [0.25, 0.3) is 11.1 Å². The minimum Gasteiger partial charge on any atom is -0.502 e. The molecule has 1 aliphatic carbocycles. The number of hydrogen-bond donors (Lipinski definition) is 1. The zero-order chi connectivity index (χ0) is 19.3. The predicted molar refractivity (Wildman–Crippen MR) is 107 cm³/mol.